The molecule has 1 atom stereocenters. The van der Waals surface area contributed by atoms with E-state index < -0.39 is 15.8 Å². The molecule has 1 aliphatic rings. The Labute approximate surface area is 164 Å². The van der Waals surface area contributed by atoms with Crippen molar-refractivity contribution in [3.05, 3.63) is 60.5 Å². The number of fused-ring (bicyclic) bond motifs is 1. The highest BCUT2D eigenvalue weighted by molar-refractivity contribution is 7.90. The van der Waals surface area contributed by atoms with Crippen molar-refractivity contribution in [3.8, 4) is 5.75 Å². The van der Waals surface area contributed by atoms with Crippen molar-refractivity contribution >= 4 is 20.9 Å². The molecule has 4 rings (SSSR count). The number of ether oxygens (including phenoxy) is 1. The number of hydrogen-bond acceptors (Lipinski definition) is 4. The third kappa shape index (κ3) is 3.77. The van der Waals surface area contributed by atoms with Crippen molar-refractivity contribution in [3.63, 3.8) is 0 Å². The van der Waals surface area contributed by atoms with Gasteiger partial charge in [0.2, 0.25) is 0 Å². The molecule has 1 saturated heterocycles. The molecule has 0 bridgehead atoms. The van der Waals surface area contributed by atoms with Crippen LogP contribution in [0, 0.1) is 5.82 Å². The summed E-state index contributed by atoms with van der Waals surface area (Å²) in [5.74, 6) is 0.0641. The van der Waals surface area contributed by atoms with Gasteiger partial charge in [0.15, 0.2) is 0 Å². The lowest BCUT2D eigenvalue weighted by atomic mass is 10.1. The normalized spacial score (nSPS) is 18.1. The molecule has 2 aromatic carbocycles. The Morgan fingerprint density at radius 3 is 2.82 bits per heavy atom. The molecule has 148 valence electrons. The first-order valence-corrected chi connectivity index (χ1v) is 11.0. The van der Waals surface area contributed by atoms with E-state index in [0.29, 0.717) is 23.9 Å². The first kappa shape index (κ1) is 19.0. The molecule has 5 nitrogen and oxygen atoms in total. The summed E-state index contributed by atoms with van der Waals surface area (Å²) >= 11 is 0. The van der Waals surface area contributed by atoms with E-state index in [1.807, 2.05) is 6.07 Å². The Kier molecular flexibility index (Phi) is 5.37. The van der Waals surface area contributed by atoms with E-state index in [1.54, 1.807) is 18.2 Å². The predicted molar refractivity (Wildman–Crippen MR) is 107 cm³/mol. The molecule has 1 fully saturated rings. The summed E-state index contributed by atoms with van der Waals surface area (Å²) in [7, 11) is -3.89. The van der Waals surface area contributed by atoms with Gasteiger partial charge in [0, 0.05) is 17.6 Å². The lowest BCUT2D eigenvalue weighted by Gasteiger charge is -2.17. The van der Waals surface area contributed by atoms with Gasteiger partial charge >= 0.3 is 0 Å². The molecular formula is C21H23FN2O3S. The summed E-state index contributed by atoms with van der Waals surface area (Å²) in [5, 5.41) is 4.21. The first-order chi connectivity index (χ1) is 13.6. The van der Waals surface area contributed by atoms with Crippen molar-refractivity contribution in [2.45, 2.75) is 36.6 Å². The largest absolute Gasteiger partial charge is 0.491 e. The van der Waals surface area contributed by atoms with Gasteiger partial charge in [0.05, 0.1) is 10.4 Å². The van der Waals surface area contributed by atoms with Crippen LogP contribution in [0.15, 0.2) is 59.6 Å². The fourth-order valence-electron chi connectivity index (χ4n) is 3.62. The lowest BCUT2D eigenvalue weighted by Crippen LogP contribution is -2.33. The second kappa shape index (κ2) is 7.93. The van der Waals surface area contributed by atoms with Crippen molar-refractivity contribution < 1.29 is 17.5 Å². The van der Waals surface area contributed by atoms with E-state index in [9.17, 15) is 12.8 Å². The lowest BCUT2D eigenvalue weighted by molar-refractivity contribution is 0.264. The zero-order chi connectivity index (χ0) is 19.6. The molecule has 0 spiro atoms. The Hall–Kier alpha value is -2.38. The molecule has 2 heterocycles. The van der Waals surface area contributed by atoms with E-state index >= 15 is 0 Å². The number of nitrogens with zero attached hydrogens (tertiary/aromatic N) is 1. The van der Waals surface area contributed by atoms with Gasteiger partial charge in [-0.3, -0.25) is 0 Å². The molecule has 1 N–H and O–H groups in total. The average Bonchev–Trinajstić information content (AvgIpc) is 2.97. The molecule has 28 heavy (non-hydrogen) atoms. The van der Waals surface area contributed by atoms with Gasteiger partial charge in [-0.15, -0.1) is 0 Å². The van der Waals surface area contributed by atoms with Crippen molar-refractivity contribution in [1.29, 1.82) is 0 Å². The van der Waals surface area contributed by atoms with Gasteiger partial charge < -0.3 is 10.1 Å². The second-order valence-corrected chi connectivity index (χ2v) is 8.89. The smallest absolute Gasteiger partial charge is 0.268 e. The summed E-state index contributed by atoms with van der Waals surface area (Å²) in [6.45, 7) is 1.54. The number of halogens is 1. The van der Waals surface area contributed by atoms with Crippen LogP contribution in [0.4, 0.5) is 4.39 Å². The quantitative estimate of drug-likeness (QED) is 0.703. The van der Waals surface area contributed by atoms with Crippen molar-refractivity contribution in [2.24, 2.45) is 0 Å². The standard InChI is InChI=1S/C21H23FN2O3S/c22-16-6-4-8-18(14-16)28(25,26)24-13-11-19-20(24)9-5-10-21(19)27-15-17-7-2-1-3-12-23-17/h4-6,8-11,13-14,17,23H,1-3,7,12,15H2. The van der Waals surface area contributed by atoms with Crippen molar-refractivity contribution in [2.75, 3.05) is 13.2 Å². The highest BCUT2D eigenvalue weighted by Gasteiger charge is 2.21. The summed E-state index contributed by atoms with van der Waals surface area (Å²) < 4.78 is 46.7. The molecule has 0 aliphatic carbocycles. The molecule has 3 aromatic rings. The second-order valence-electron chi connectivity index (χ2n) is 7.07. The molecule has 0 radical (unpaired) electrons. The van der Waals surface area contributed by atoms with Crippen molar-refractivity contribution in [1.82, 2.24) is 9.29 Å². The van der Waals surface area contributed by atoms with Crippen LogP contribution in [0.3, 0.4) is 0 Å². The maximum atomic E-state index is 13.5. The molecule has 7 heteroatoms. The Balaban J connectivity index is 1.63. The first-order valence-electron chi connectivity index (χ1n) is 9.53. The van der Waals surface area contributed by atoms with Crippen LogP contribution in [0.25, 0.3) is 10.9 Å². The van der Waals surface area contributed by atoms with Crippen LogP contribution in [0.2, 0.25) is 0 Å². The fourth-order valence-corrected chi connectivity index (χ4v) is 5.00. The Morgan fingerprint density at radius 2 is 1.96 bits per heavy atom. The minimum Gasteiger partial charge on any atom is -0.491 e. The Morgan fingerprint density at radius 1 is 1.11 bits per heavy atom. The van der Waals surface area contributed by atoms with Crippen LogP contribution in [0.5, 0.6) is 5.75 Å². The third-order valence-electron chi connectivity index (χ3n) is 5.11. The van der Waals surface area contributed by atoms with Crippen LogP contribution >= 0.6 is 0 Å². The predicted octanol–water partition coefficient (Wildman–Crippen LogP) is 3.93. The van der Waals surface area contributed by atoms with E-state index in [0.717, 1.165) is 24.4 Å². The fraction of sp³-hybridized carbons (Fsp3) is 0.333. The number of benzene rings is 2. The average molecular weight is 402 g/mol. The maximum Gasteiger partial charge on any atom is 0.268 e. The maximum absolute atomic E-state index is 13.5. The van der Waals surface area contributed by atoms with Crippen LogP contribution in [0.1, 0.15) is 25.7 Å². The molecule has 0 amide bonds. The summed E-state index contributed by atoms with van der Waals surface area (Å²) in [5.41, 5.74) is 0.510. The molecule has 1 unspecified atom stereocenters. The third-order valence-corrected chi connectivity index (χ3v) is 6.80. The number of aromatic nitrogens is 1. The van der Waals surface area contributed by atoms with E-state index in [4.69, 9.17) is 4.74 Å². The summed E-state index contributed by atoms with van der Waals surface area (Å²) in [4.78, 5) is -0.0843. The van der Waals surface area contributed by atoms with E-state index in [2.05, 4.69) is 5.32 Å². The van der Waals surface area contributed by atoms with Gasteiger partial charge in [-0.1, -0.05) is 25.0 Å². The molecule has 1 aliphatic heterocycles. The molecule has 0 saturated carbocycles. The highest BCUT2D eigenvalue weighted by Crippen LogP contribution is 2.29. The van der Waals surface area contributed by atoms with Crippen LogP contribution in [-0.4, -0.2) is 31.6 Å². The SMILES string of the molecule is O=S(=O)(c1cccc(F)c1)n1ccc2c(OCC3CCCCCN3)cccc21. The van der Waals surface area contributed by atoms with E-state index in [-0.39, 0.29) is 4.90 Å². The molecular weight excluding hydrogens is 379 g/mol. The highest BCUT2D eigenvalue weighted by atomic mass is 32.2. The molecule has 1 aromatic heterocycles. The van der Waals surface area contributed by atoms with Gasteiger partial charge in [0.25, 0.3) is 10.0 Å². The Bertz CT molecular complexity index is 1070. The zero-order valence-electron chi connectivity index (χ0n) is 15.5. The summed E-state index contributed by atoms with van der Waals surface area (Å²) in [6, 6.07) is 12.4. The van der Waals surface area contributed by atoms with Gasteiger partial charge in [-0.05, 0) is 55.8 Å². The van der Waals surface area contributed by atoms with Gasteiger partial charge in [-0.2, -0.15) is 0 Å². The minimum absolute atomic E-state index is 0.0843. The van der Waals surface area contributed by atoms with E-state index in [1.165, 1.54) is 47.6 Å². The van der Waals surface area contributed by atoms with Gasteiger partial charge in [-0.25, -0.2) is 16.8 Å². The van der Waals surface area contributed by atoms with Crippen LogP contribution in [-0.2, 0) is 10.0 Å². The minimum atomic E-state index is -3.89. The number of rotatable bonds is 5. The van der Waals surface area contributed by atoms with Crippen LogP contribution < -0.4 is 10.1 Å². The van der Waals surface area contributed by atoms with Gasteiger partial charge in [0.1, 0.15) is 18.2 Å². The number of nitrogens with one attached hydrogen (secondary N) is 1. The monoisotopic (exact) mass is 402 g/mol. The number of hydrogen-bond donors (Lipinski definition) is 1. The zero-order valence-corrected chi connectivity index (χ0v) is 16.3. The topological polar surface area (TPSA) is 60.3 Å². The summed E-state index contributed by atoms with van der Waals surface area (Å²) in [6.07, 6.45) is 6.17.